The van der Waals surface area contributed by atoms with Gasteiger partial charge >= 0.3 is 0 Å². The number of carbonyl (C=O) groups excluding carboxylic acids is 1. The fourth-order valence-corrected chi connectivity index (χ4v) is 4.47. The van der Waals surface area contributed by atoms with Crippen molar-refractivity contribution in [3.8, 4) is 22.8 Å². The fraction of sp³-hybridized carbons (Fsp3) is 0.238. The average Bonchev–Trinajstić information content (AvgIpc) is 3.52. The number of aromatic nitrogens is 4. The van der Waals surface area contributed by atoms with Crippen molar-refractivity contribution in [2.45, 2.75) is 32.0 Å². The number of amides is 1. The highest BCUT2D eigenvalue weighted by molar-refractivity contribution is 7.99. The summed E-state index contributed by atoms with van der Waals surface area (Å²) < 4.78 is 7.34. The van der Waals surface area contributed by atoms with E-state index in [0.29, 0.717) is 28.4 Å². The first-order valence-electron chi connectivity index (χ1n) is 9.62. The van der Waals surface area contributed by atoms with Gasteiger partial charge in [0.2, 0.25) is 5.91 Å². The Morgan fingerprint density at radius 3 is 2.73 bits per heavy atom. The van der Waals surface area contributed by atoms with Crippen molar-refractivity contribution in [2.75, 3.05) is 11.1 Å². The zero-order valence-electron chi connectivity index (χ0n) is 16.7. The predicted molar refractivity (Wildman–Crippen MR) is 120 cm³/mol. The number of furan rings is 1. The number of aryl methyl sites for hydroxylation is 1. The summed E-state index contributed by atoms with van der Waals surface area (Å²) in [6.07, 6.45) is 2.61. The molecule has 1 N–H and O–H groups in total. The van der Waals surface area contributed by atoms with Crippen molar-refractivity contribution >= 4 is 34.1 Å². The highest BCUT2D eigenvalue weighted by Crippen LogP contribution is 2.27. The second-order valence-electron chi connectivity index (χ2n) is 6.45. The molecule has 1 amide bonds. The number of hydrogen-bond donors (Lipinski definition) is 1. The Bertz CT molecular complexity index is 1120. The van der Waals surface area contributed by atoms with Crippen molar-refractivity contribution in [2.24, 2.45) is 0 Å². The largest absolute Gasteiger partial charge is 0.461 e. The minimum absolute atomic E-state index is 0.132. The second kappa shape index (κ2) is 9.27. The number of nitrogens with one attached hydrogen (secondary N) is 1. The van der Waals surface area contributed by atoms with Crippen LogP contribution in [0.4, 0.5) is 5.13 Å². The van der Waals surface area contributed by atoms with Gasteiger partial charge in [0.15, 0.2) is 21.9 Å². The van der Waals surface area contributed by atoms with Gasteiger partial charge in [0.25, 0.3) is 0 Å². The van der Waals surface area contributed by atoms with Gasteiger partial charge in [0.05, 0.1) is 17.7 Å². The highest BCUT2D eigenvalue weighted by atomic mass is 32.2. The van der Waals surface area contributed by atoms with Crippen LogP contribution in [0.25, 0.3) is 22.8 Å². The molecule has 0 unspecified atom stereocenters. The minimum atomic E-state index is -0.132. The molecule has 3 heterocycles. The Morgan fingerprint density at radius 1 is 1.20 bits per heavy atom. The third kappa shape index (κ3) is 4.47. The third-order valence-electron chi connectivity index (χ3n) is 4.52. The van der Waals surface area contributed by atoms with E-state index in [9.17, 15) is 4.79 Å². The van der Waals surface area contributed by atoms with E-state index in [4.69, 9.17) is 4.42 Å². The van der Waals surface area contributed by atoms with Crippen LogP contribution in [0.3, 0.4) is 0 Å². The maximum absolute atomic E-state index is 12.4. The lowest BCUT2D eigenvalue weighted by Crippen LogP contribution is -2.14. The van der Waals surface area contributed by atoms with E-state index in [0.717, 1.165) is 17.7 Å². The molecule has 0 saturated heterocycles. The monoisotopic (exact) mass is 439 g/mol. The molecular weight excluding hydrogens is 418 g/mol. The molecule has 4 rings (SSSR count). The van der Waals surface area contributed by atoms with Gasteiger partial charge in [-0.2, -0.15) is 0 Å². The quantitative estimate of drug-likeness (QED) is 0.390. The Hall–Kier alpha value is -2.91. The van der Waals surface area contributed by atoms with Gasteiger partial charge in [-0.15, -0.1) is 21.5 Å². The first kappa shape index (κ1) is 20.4. The second-order valence-corrected chi connectivity index (χ2v) is 8.25. The molecule has 0 atom stereocenters. The van der Waals surface area contributed by atoms with Gasteiger partial charge in [-0.25, -0.2) is 4.98 Å². The van der Waals surface area contributed by atoms with E-state index in [2.05, 4.69) is 51.7 Å². The molecular formula is C21H21N5O2S2. The number of rotatable bonds is 8. The normalized spacial score (nSPS) is 11.0. The van der Waals surface area contributed by atoms with Crippen LogP contribution in [-0.4, -0.2) is 31.4 Å². The van der Waals surface area contributed by atoms with Crippen LogP contribution < -0.4 is 5.32 Å². The first-order valence-corrected chi connectivity index (χ1v) is 11.5. The van der Waals surface area contributed by atoms with Gasteiger partial charge in [-0.3, -0.25) is 9.36 Å². The molecule has 9 heteroatoms. The van der Waals surface area contributed by atoms with Crippen LogP contribution >= 0.6 is 23.1 Å². The Labute approximate surface area is 182 Å². The number of carbonyl (C=O) groups is 1. The summed E-state index contributed by atoms with van der Waals surface area (Å²) >= 11 is 2.75. The van der Waals surface area contributed by atoms with Crippen molar-refractivity contribution in [1.82, 2.24) is 19.7 Å². The van der Waals surface area contributed by atoms with Crippen molar-refractivity contribution in [3.63, 3.8) is 0 Å². The topological polar surface area (TPSA) is 85.8 Å². The number of anilines is 1. The van der Waals surface area contributed by atoms with Crippen molar-refractivity contribution < 1.29 is 9.21 Å². The molecule has 0 fully saturated rings. The smallest absolute Gasteiger partial charge is 0.236 e. The zero-order chi connectivity index (χ0) is 20.9. The van der Waals surface area contributed by atoms with Crippen LogP contribution in [0.1, 0.15) is 19.4 Å². The molecule has 4 aromatic rings. The lowest BCUT2D eigenvalue weighted by molar-refractivity contribution is -0.113. The summed E-state index contributed by atoms with van der Waals surface area (Å²) in [6, 6.07) is 12.0. The molecule has 154 valence electrons. The van der Waals surface area contributed by atoms with E-state index < -0.39 is 0 Å². The molecule has 30 heavy (non-hydrogen) atoms. The SMILES string of the molecule is CCc1ccc(-c2csc(NC(=O)CSc3nnc(-c4ccco4)n3CC)n2)cc1. The summed E-state index contributed by atoms with van der Waals surface area (Å²) in [7, 11) is 0. The molecule has 0 radical (unpaired) electrons. The molecule has 0 saturated carbocycles. The van der Waals surface area contributed by atoms with Gasteiger partial charge in [-0.1, -0.05) is 43.0 Å². The van der Waals surface area contributed by atoms with Crippen LogP contribution in [0, 0.1) is 0 Å². The van der Waals surface area contributed by atoms with Crippen molar-refractivity contribution in [1.29, 1.82) is 0 Å². The number of hydrogen-bond acceptors (Lipinski definition) is 7. The lowest BCUT2D eigenvalue weighted by Gasteiger charge is -2.05. The summed E-state index contributed by atoms with van der Waals surface area (Å²) in [5, 5.41) is 14.5. The first-order chi connectivity index (χ1) is 14.7. The van der Waals surface area contributed by atoms with Gasteiger partial charge < -0.3 is 9.73 Å². The lowest BCUT2D eigenvalue weighted by atomic mass is 10.1. The van der Waals surface area contributed by atoms with Crippen molar-refractivity contribution in [3.05, 3.63) is 53.6 Å². The number of benzene rings is 1. The third-order valence-corrected chi connectivity index (χ3v) is 6.24. The molecule has 0 aliphatic carbocycles. The van der Waals surface area contributed by atoms with Gasteiger partial charge in [0.1, 0.15) is 0 Å². The molecule has 0 aliphatic heterocycles. The van der Waals surface area contributed by atoms with E-state index >= 15 is 0 Å². The molecule has 0 bridgehead atoms. The number of nitrogens with zero attached hydrogens (tertiary/aromatic N) is 4. The number of thioether (sulfide) groups is 1. The Morgan fingerprint density at radius 2 is 2.03 bits per heavy atom. The van der Waals surface area contributed by atoms with E-state index in [1.165, 1.54) is 28.7 Å². The van der Waals surface area contributed by atoms with Gasteiger partial charge in [0, 0.05) is 17.5 Å². The zero-order valence-corrected chi connectivity index (χ0v) is 18.3. The maximum atomic E-state index is 12.4. The molecule has 7 nitrogen and oxygen atoms in total. The van der Waals surface area contributed by atoms with Gasteiger partial charge in [-0.05, 0) is 31.0 Å². The van der Waals surface area contributed by atoms with Crippen LogP contribution in [-0.2, 0) is 17.8 Å². The molecule has 0 aliphatic rings. The Kier molecular flexibility index (Phi) is 6.29. The minimum Gasteiger partial charge on any atom is -0.461 e. The van der Waals surface area contributed by atoms with E-state index in [-0.39, 0.29) is 11.7 Å². The summed E-state index contributed by atoms with van der Waals surface area (Å²) in [6.45, 7) is 4.81. The van der Waals surface area contributed by atoms with E-state index in [1.807, 2.05) is 29.0 Å². The van der Waals surface area contributed by atoms with Crippen LogP contribution in [0.15, 0.2) is 57.6 Å². The molecule has 1 aromatic carbocycles. The summed E-state index contributed by atoms with van der Waals surface area (Å²) in [4.78, 5) is 16.9. The van der Waals surface area contributed by atoms with E-state index in [1.54, 1.807) is 6.26 Å². The Balaban J connectivity index is 1.37. The molecule has 0 spiro atoms. The summed E-state index contributed by atoms with van der Waals surface area (Å²) in [5.41, 5.74) is 3.19. The maximum Gasteiger partial charge on any atom is 0.236 e. The summed E-state index contributed by atoms with van der Waals surface area (Å²) in [5.74, 6) is 1.40. The predicted octanol–water partition coefficient (Wildman–Crippen LogP) is 4.97. The fourth-order valence-electron chi connectivity index (χ4n) is 2.93. The highest BCUT2D eigenvalue weighted by Gasteiger charge is 2.16. The van der Waals surface area contributed by atoms with Crippen LogP contribution in [0.2, 0.25) is 0 Å². The number of thiazole rings is 1. The molecule has 3 aromatic heterocycles. The van der Waals surface area contributed by atoms with Crippen LogP contribution in [0.5, 0.6) is 0 Å². The standard InChI is InChI=1S/C21H21N5O2S2/c1-3-14-7-9-15(10-8-14)16-12-29-20(22-16)23-18(27)13-30-21-25-24-19(26(21)4-2)17-6-5-11-28-17/h5-12H,3-4,13H2,1-2H3,(H,22,23,27). The average molecular weight is 440 g/mol.